The molecule has 0 unspecified atom stereocenters. The van der Waals surface area contributed by atoms with Gasteiger partial charge in [-0.05, 0) is 67.2 Å². The van der Waals surface area contributed by atoms with Crippen LogP contribution < -0.4 is 14.8 Å². The van der Waals surface area contributed by atoms with E-state index in [-0.39, 0.29) is 5.91 Å². The maximum absolute atomic E-state index is 12.7. The Balaban J connectivity index is 1.44. The van der Waals surface area contributed by atoms with Crippen LogP contribution >= 0.6 is 0 Å². The van der Waals surface area contributed by atoms with Crippen LogP contribution in [0.25, 0.3) is 22.6 Å². The number of aromatic nitrogens is 2. The molecule has 186 valence electrons. The summed E-state index contributed by atoms with van der Waals surface area (Å²) in [6.07, 6.45) is 1.79. The molecule has 0 aliphatic heterocycles. The van der Waals surface area contributed by atoms with E-state index >= 15 is 0 Å². The number of methoxy groups -OCH3 is 1. The van der Waals surface area contributed by atoms with Crippen molar-refractivity contribution in [2.75, 3.05) is 33.3 Å². The number of carbonyl (C=O) groups is 1. The average Bonchev–Trinajstić information content (AvgIpc) is 3.42. The SMILES string of the molecule is CCN(CC)CCNC(=O)c1ccc(-c2ncc(-c3ccc(Oc4ccccc4)cc3)[nH]2)cc1OC. The average molecular weight is 485 g/mol. The molecular formula is C29H32N4O3. The number of nitrogens with zero attached hydrogens (tertiary/aromatic N) is 2. The van der Waals surface area contributed by atoms with E-state index in [1.54, 1.807) is 19.4 Å². The highest BCUT2D eigenvalue weighted by Gasteiger charge is 2.15. The summed E-state index contributed by atoms with van der Waals surface area (Å²) in [7, 11) is 1.57. The van der Waals surface area contributed by atoms with Crippen molar-refractivity contribution in [1.82, 2.24) is 20.2 Å². The fraction of sp³-hybridized carbons (Fsp3) is 0.241. The first kappa shape index (κ1) is 25.0. The van der Waals surface area contributed by atoms with Crippen molar-refractivity contribution in [3.63, 3.8) is 0 Å². The molecule has 3 aromatic carbocycles. The molecule has 1 amide bonds. The Morgan fingerprint density at radius 3 is 2.33 bits per heavy atom. The molecule has 0 atom stereocenters. The fourth-order valence-electron chi connectivity index (χ4n) is 3.93. The van der Waals surface area contributed by atoms with E-state index < -0.39 is 0 Å². The summed E-state index contributed by atoms with van der Waals surface area (Å²) >= 11 is 0. The van der Waals surface area contributed by atoms with Gasteiger partial charge in [0.15, 0.2) is 0 Å². The van der Waals surface area contributed by atoms with E-state index in [4.69, 9.17) is 9.47 Å². The molecule has 1 aromatic heterocycles. The zero-order valence-electron chi connectivity index (χ0n) is 21.0. The van der Waals surface area contributed by atoms with Gasteiger partial charge in [0.25, 0.3) is 5.91 Å². The van der Waals surface area contributed by atoms with Crippen molar-refractivity contribution in [3.05, 3.63) is 84.6 Å². The van der Waals surface area contributed by atoms with Gasteiger partial charge in [0.2, 0.25) is 0 Å². The normalized spacial score (nSPS) is 10.9. The number of H-pyrrole nitrogens is 1. The Hall–Kier alpha value is -4.10. The van der Waals surface area contributed by atoms with E-state index in [0.717, 1.165) is 48.0 Å². The molecule has 0 saturated carbocycles. The molecule has 2 N–H and O–H groups in total. The zero-order valence-corrected chi connectivity index (χ0v) is 21.0. The first-order chi connectivity index (χ1) is 17.6. The van der Waals surface area contributed by atoms with Crippen molar-refractivity contribution in [2.24, 2.45) is 0 Å². The van der Waals surface area contributed by atoms with E-state index in [9.17, 15) is 4.79 Å². The summed E-state index contributed by atoms with van der Waals surface area (Å²) < 4.78 is 11.4. The number of hydrogen-bond acceptors (Lipinski definition) is 5. The van der Waals surface area contributed by atoms with Crippen LogP contribution in [0.3, 0.4) is 0 Å². The molecule has 0 saturated heterocycles. The van der Waals surface area contributed by atoms with Gasteiger partial charge in [0.1, 0.15) is 23.1 Å². The number of nitrogens with one attached hydrogen (secondary N) is 2. The van der Waals surface area contributed by atoms with Gasteiger partial charge in [-0.1, -0.05) is 38.1 Å². The highest BCUT2D eigenvalue weighted by atomic mass is 16.5. The molecule has 0 aliphatic rings. The Bertz CT molecular complexity index is 1270. The third-order valence-electron chi connectivity index (χ3n) is 6.05. The molecule has 1 heterocycles. The second-order valence-electron chi connectivity index (χ2n) is 8.28. The molecule has 0 aliphatic carbocycles. The molecule has 0 fully saturated rings. The molecule has 0 bridgehead atoms. The smallest absolute Gasteiger partial charge is 0.255 e. The number of aromatic amines is 1. The second-order valence-corrected chi connectivity index (χ2v) is 8.28. The van der Waals surface area contributed by atoms with Crippen molar-refractivity contribution in [2.45, 2.75) is 13.8 Å². The van der Waals surface area contributed by atoms with Crippen molar-refractivity contribution >= 4 is 5.91 Å². The number of ether oxygens (including phenoxy) is 2. The van der Waals surface area contributed by atoms with Crippen LogP contribution in [0.15, 0.2) is 79.0 Å². The molecule has 7 nitrogen and oxygen atoms in total. The van der Waals surface area contributed by atoms with Gasteiger partial charge in [0, 0.05) is 18.7 Å². The lowest BCUT2D eigenvalue weighted by atomic mass is 10.1. The number of carbonyl (C=O) groups excluding carboxylic acids is 1. The Kier molecular flexibility index (Phi) is 8.36. The quantitative estimate of drug-likeness (QED) is 0.289. The number of amides is 1. The summed E-state index contributed by atoms with van der Waals surface area (Å²) in [6.45, 7) is 7.54. The van der Waals surface area contributed by atoms with Gasteiger partial charge in [0.05, 0.1) is 24.6 Å². The number of imidazole rings is 1. The minimum atomic E-state index is -0.150. The molecule has 4 aromatic rings. The lowest BCUT2D eigenvalue weighted by Gasteiger charge is -2.18. The Labute approximate surface area is 212 Å². The summed E-state index contributed by atoms with van der Waals surface area (Å²) in [6, 6.07) is 23.0. The first-order valence-electron chi connectivity index (χ1n) is 12.2. The minimum absolute atomic E-state index is 0.150. The number of hydrogen-bond donors (Lipinski definition) is 2. The first-order valence-corrected chi connectivity index (χ1v) is 12.2. The maximum atomic E-state index is 12.7. The lowest BCUT2D eigenvalue weighted by Crippen LogP contribution is -2.34. The van der Waals surface area contributed by atoms with Crippen LogP contribution in [0, 0.1) is 0 Å². The van der Waals surface area contributed by atoms with Crippen molar-refractivity contribution < 1.29 is 14.3 Å². The topological polar surface area (TPSA) is 79.5 Å². The molecule has 4 rings (SSSR count). The summed E-state index contributed by atoms with van der Waals surface area (Å²) in [5.41, 5.74) is 3.21. The predicted octanol–water partition coefficient (Wildman–Crippen LogP) is 5.62. The molecule has 0 radical (unpaired) electrons. The van der Waals surface area contributed by atoms with Crippen LogP contribution in [0.1, 0.15) is 24.2 Å². The summed E-state index contributed by atoms with van der Waals surface area (Å²) in [5.74, 6) is 2.61. The van der Waals surface area contributed by atoms with E-state index in [1.165, 1.54) is 0 Å². The van der Waals surface area contributed by atoms with Gasteiger partial charge in [-0.15, -0.1) is 0 Å². The largest absolute Gasteiger partial charge is 0.496 e. The van der Waals surface area contributed by atoms with Crippen LogP contribution in [-0.4, -0.2) is 54.1 Å². The maximum Gasteiger partial charge on any atom is 0.255 e. The molecular weight excluding hydrogens is 452 g/mol. The van der Waals surface area contributed by atoms with E-state index in [2.05, 4.69) is 34.0 Å². The predicted molar refractivity (Wildman–Crippen MR) is 143 cm³/mol. The van der Waals surface area contributed by atoms with Crippen LogP contribution in [0.2, 0.25) is 0 Å². The van der Waals surface area contributed by atoms with E-state index in [0.29, 0.717) is 23.7 Å². The minimum Gasteiger partial charge on any atom is -0.496 e. The number of para-hydroxylation sites is 1. The van der Waals surface area contributed by atoms with Crippen molar-refractivity contribution in [1.29, 1.82) is 0 Å². The third kappa shape index (κ3) is 6.12. The molecule has 7 heteroatoms. The van der Waals surface area contributed by atoms with Gasteiger partial charge in [-0.2, -0.15) is 0 Å². The molecule has 0 spiro atoms. The van der Waals surface area contributed by atoms with E-state index in [1.807, 2.05) is 66.7 Å². The Morgan fingerprint density at radius 1 is 0.944 bits per heavy atom. The van der Waals surface area contributed by atoms with Gasteiger partial charge in [-0.3, -0.25) is 4.79 Å². The number of likely N-dealkylation sites (N-methyl/N-ethyl adjacent to an activating group) is 1. The number of benzene rings is 3. The number of rotatable bonds is 11. The van der Waals surface area contributed by atoms with Crippen LogP contribution in [-0.2, 0) is 0 Å². The standard InChI is InChI=1S/C29H32N4O3/c1-4-33(5-2)18-17-30-29(34)25-16-13-22(19-27(25)35-3)28-31-20-26(32-28)21-11-14-24(15-12-21)36-23-9-7-6-8-10-23/h6-16,19-20H,4-5,17-18H2,1-3H3,(H,30,34)(H,31,32). The van der Waals surface area contributed by atoms with Gasteiger partial charge >= 0.3 is 0 Å². The zero-order chi connectivity index (χ0) is 25.3. The molecule has 36 heavy (non-hydrogen) atoms. The summed E-state index contributed by atoms with van der Waals surface area (Å²) in [4.78, 5) is 22.9. The van der Waals surface area contributed by atoms with Crippen molar-refractivity contribution in [3.8, 4) is 39.9 Å². The highest BCUT2D eigenvalue weighted by Crippen LogP contribution is 2.29. The third-order valence-corrected chi connectivity index (χ3v) is 6.05. The fourth-order valence-corrected chi connectivity index (χ4v) is 3.93. The second kappa shape index (κ2) is 12.0. The van der Waals surface area contributed by atoms with Gasteiger partial charge in [-0.25, -0.2) is 4.98 Å². The van der Waals surface area contributed by atoms with Crippen LogP contribution in [0.5, 0.6) is 17.2 Å². The highest BCUT2D eigenvalue weighted by molar-refractivity contribution is 5.97. The summed E-state index contributed by atoms with van der Waals surface area (Å²) in [5, 5.41) is 2.98. The monoisotopic (exact) mass is 484 g/mol. The van der Waals surface area contributed by atoms with Crippen LogP contribution in [0.4, 0.5) is 0 Å². The Morgan fingerprint density at radius 2 is 1.64 bits per heavy atom. The lowest BCUT2D eigenvalue weighted by molar-refractivity contribution is 0.0946. The van der Waals surface area contributed by atoms with Gasteiger partial charge < -0.3 is 24.7 Å².